The molecule has 0 amide bonds. The van der Waals surface area contributed by atoms with Gasteiger partial charge >= 0.3 is 0 Å². The number of nitrogens with one attached hydrogen (secondary N) is 1. The molecular formula is C15H19ClN2O. The highest BCUT2D eigenvalue weighted by Crippen LogP contribution is 2.21. The van der Waals surface area contributed by atoms with Gasteiger partial charge in [-0.25, -0.2) is 4.98 Å². The minimum atomic E-state index is -0.311. The molecule has 1 aromatic carbocycles. The van der Waals surface area contributed by atoms with Gasteiger partial charge in [-0.05, 0) is 31.5 Å². The van der Waals surface area contributed by atoms with E-state index >= 15 is 0 Å². The normalized spacial score (nSPS) is 12.8. The van der Waals surface area contributed by atoms with Crippen LogP contribution < -0.4 is 5.32 Å². The Morgan fingerprint density at radius 3 is 2.89 bits per heavy atom. The fourth-order valence-electron chi connectivity index (χ4n) is 1.96. The monoisotopic (exact) mass is 278 g/mol. The molecule has 1 unspecified atom stereocenters. The molecule has 1 atom stereocenters. The standard InChI is InChI=1S/C15H19ClN2O/c1-3-13(19)9-17-8-12-7-11-6-10(2)4-5-14(11)18-15(12)16/h4-7,13,17,19H,3,8-9H2,1-2H3. The first kappa shape index (κ1) is 14.3. The van der Waals surface area contributed by atoms with Crippen molar-refractivity contribution in [1.29, 1.82) is 0 Å². The van der Waals surface area contributed by atoms with Crippen molar-refractivity contribution in [2.75, 3.05) is 6.54 Å². The summed E-state index contributed by atoms with van der Waals surface area (Å²) in [5.41, 5.74) is 3.08. The lowest BCUT2D eigenvalue weighted by atomic mass is 10.1. The molecule has 4 heteroatoms. The van der Waals surface area contributed by atoms with Crippen LogP contribution in [-0.4, -0.2) is 22.7 Å². The van der Waals surface area contributed by atoms with Gasteiger partial charge < -0.3 is 10.4 Å². The molecule has 3 nitrogen and oxygen atoms in total. The van der Waals surface area contributed by atoms with Crippen molar-refractivity contribution in [3.8, 4) is 0 Å². The lowest BCUT2D eigenvalue weighted by Gasteiger charge is -2.11. The van der Waals surface area contributed by atoms with Crippen LogP contribution in [0.5, 0.6) is 0 Å². The Balaban J connectivity index is 2.16. The number of hydrogen-bond donors (Lipinski definition) is 2. The van der Waals surface area contributed by atoms with E-state index in [1.807, 2.05) is 19.1 Å². The van der Waals surface area contributed by atoms with E-state index in [2.05, 4.69) is 29.4 Å². The van der Waals surface area contributed by atoms with Crippen LogP contribution in [0.3, 0.4) is 0 Å². The minimum absolute atomic E-state index is 0.311. The molecular weight excluding hydrogens is 260 g/mol. The van der Waals surface area contributed by atoms with Crippen LogP contribution >= 0.6 is 11.6 Å². The molecule has 1 heterocycles. The number of aromatic nitrogens is 1. The van der Waals surface area contributed by atoms with Gasteiger partial charge in [-0.1, -0.05) is 30.2 Å². The van der Waals surface area contributed by atoms with E-state index in [1.54, 1.807) is 0 Å². The van der Waals surface area contributed by atoms with E-state index in [-0.39, 0.29) is 6.10 Å². The van der Waals surface area contributed by atoms with E-state index < -0.39 is 0 Å². The smallest absolute Gasteiger partial charge is 0.134 e. The van der Waals surface area contributed by atoms with Gasteiger partial charge in [0.1, 0.15) is 5.15 Å². The van der Waals surface area contributed by atoms with Gasteiger partial charge in [0.05, 0.1) is 11.6 Å². The Labute approximate surface area is 118 Å². The molecule has 0 fully saturated rings. The van der Waals surface area contributed by atoms with Crippen LogP contribution in [0.25, 0.3) is 10.9 Å². The van der Waals surface area contributed by atoms with Crippen molar-refractivity contribution in [1.82, 2.24) is 10.3 Å². The summed E-state index contributed by atoms with van der Waals surface area (Å²) in [7, 11) is 0. The Bertz CT molecular complexity index is 571. The van der Waals surface area contributed by atoms with Gasteiger partial charge in [0.25, 0.3) is 0 Å². The first-order chi connectivity index (χ1) is 9.10. The van der Waals surface area contributed by atoms with Gasteiger partial charge in [0, 0.05) is 24.0 Å². The largest absolute Gasteiger partial charge is 0.392 e. The second-order valence-electron chi connectivity index (χ2n) is 4.83. The van der Waals surface area contributed by atoms with Crippen LogP contribution in [0, 0.1) is 6.92 Å². The molecule has 0 aliphatic rings. The topological polar surface area (TPSA) is 45.1 Å². The van der Waals surface area contributed by atoms with Crippen LogP contribution in [0.1, 0.15) is 24.5 Å². The number of aliphatic hydroxyl groups is 1. The number of nitrogens with zero attached hydrogens (tertiary/aromatic N) is 1. The highest BCUT2D eigenvalue weighted by Gasteiger charge is 2.06. The number of halogens is 1. The first-order valence-corrected chi connectivity index (χ1v) is 6.92. The molecule has 102 valence electrons. The number of aliphatic hydroxyl groups excluding tert-OH is 1. The van der Waals surface area contributed by atoms with E-state index in [4.69, 9.17) is 11.6 Å². The number of pyridine rings is 1. The van der Waals surface area contributed by atoms with E-state index in [9.17, 15) is 5.11 Å². The van der Waals surface area contributed by atoms with Crippen LogP contribution in [0.4, 0.5) is 0 Å². The van der Waals surface area contributed by atoms with Crippen molar-refractivity contribution >= 4 is 22.5 Å². The summed E-state index contributed by atoms with van der Waals surface area (Å²) >= 11 is 6.18. The highest BCUT2D eigenvalue weighted by atomic mass is 35.5. The summed E-state index contributed by atoms with van der Waals surface area (Å²) in [4.78, 5) is 4.40. The van der Waals surface area contributed by atoms with Crippen molar-refractivity contribution in [3.63, 3.8) is 0 Å². The van der Waals surface area contributed by atoms with Gasteiger partial charge in [0.15, 0.2) is 0 Å². The third-order valence-corrected chi connectivity index (χ3v) is 3.49. The first-order valence-electron chi connectivity index (χ1n) is 6.54. The highest BCUT2D eigenvalue weighted by molar-refractivity contribution is 6.30. The molecule has 19 heavy (non-hydrogen) atoms. The molecule has 0 saturated heterocycles. The van der Waals surface area contributed by atoms with Gasteiger partial charge in [-0.3, -0.25) is 0 Å². The van der Waals surface area contributed by atoms with Crippen LogP contribution in [0.15, 0.2) is 24.3 Å². The zero-order valence-electron chi connectivity index (χ0n) is 11.3. The Hall–Kier alpha value is -1.16. The maximum Gasteiger partial charge on any atom is 0.134 e. The molecule has 1 aromatic heterocycles. The van der Waals surface area contributed by atoms with E-state index in [0.717, 1.165) is 22.9 Å². The quantitative estimate of drug-likeness (QED) is 0.827. The second kappa shape index (κ2) is 6.33. The fourth-order valence-corrected chi connectivity index (χ4v) is 2.17. The predicted molar refractivity (Wildman–Crippen MR) is 79.5 cm³/mol. The summed E-state index contributed by atoms with van der Waals surface area (Å²) in [6.07, 6.45) is 0.435. The van der Waals surface area contributed by atoms with E-state index in [1.165, 1.54) is 5.56 Å². The molecule has 0 aliphatic heterocycles. The maximum absolute atomic E-state index is 9.50. The molecule has 0 spiro atoms. The summed E-state index contributed by atoms with van der Waals surface area (Å²) in [5.74, 6) is 0. The van der Waals surface area contributed by atoms with Gasteiger partial charge in [-0.2, -0.15) is 0 Å². The van der Waals surface area contributed by atoms with Crippen LogP contribution in [-0.2, 0) is 6.54 Å². The Kier molecular flexibility index (Phi) is 4.75. The Morgan fingerprint density at radius 2 is 2.16 bits per heavy atom. The minimum Gasteiger partial charge on any atom is -0.392 e. The average Bonchev–Trinajstić information content (AvgIpc) is 2.39. The van der Waals surface area contributed by atoms with Crippen LogP contribution in [0.2, 0.25) is 5.15 Å². The van der Waals surface area contributed by atoms with Crippen molar-refractivity contribution in [2.45, 2.75) is 32.9 Å². The van der Waals surface area contributed by atoms with Gasteiger partial charge in [-0.15, -0.1) is 0 Å². The lowest BCUT2D eigenvalue weighted by molar-refractivity contribution is 0.167. The number of benzene rings is 1. The molecule has 0 aliphatic carbocycles. The van der Waals surface area contributed by atoms with Gasteiger partial charge in [0.2, 0.25) is 0 Å². The summed E-state index contributed by atoms with van der Waals surface area (Å²) in [6, 6.07) is 8.17. The average molecular weight is 279 g/mol. The van der Waals surface area contributed by atoms with E-state index in [0.29, 0.717) is 18.2 Å². The Morgan fingerprint density at radius 1 is 1.37 bits per heavy atom. The predicted octanol–water partition coefficient (Wildman–Crippen LogP) is 3.06. The number of aryl methyl sites for hydroxylation is 1. The van der Waals surface area contributed by atoms with Crippen molar-refractivity contribution in [2.24, 2.45) is 0 Å². The van der Waals surface area contributed by atoms with Crippen molar-refractivity contribution in [3.05, 3.63) is 40.5 Å². The maximum atomic E-state index is 9.50. The number of hydrogen-bond acceptors (Lipinski definition) is 3. The number of fused-ring (bicyclic) bond motifs is 1. The summed E-state index contributed by atoms with van der Waals surface area (Å²) < 4.78 is 0. The zero-order chi connectivity index (χ0) is 13.8. The molecule has 2 N–H and O–H groups in total. The SMILES string of the molecule is CCC(O)CNCc1cc2cc(C)ccc2nc1Cl. The molecule has 0 bridgehead atoms. The molecule has 2 aromatic rings. The summed E-state index contributed by atoms with van der Waals surface area (Å²) in [6.45, 7) is 5.20. The zero-order valence-corrected chi connectivity index (χ0v) is 12.0. The molecule has 2 rings (SSSR count). The molecule has 0 saturated carbocycles. The third-order valence-electron chi connectivity index (χ3n) is 3.16. The lowest BCUT2D eigenvalue weighted by Crippen LogP contribution is -2.25. The van der Waals surface area contributed by atoms with Crippen molar-refractivity contribution < 1.29 is 5.11 Å². The second-order valence-corrected chi connectivity index (χ2v) is 5.19. The number of rotatable bonds is 5. The fraction of sp³-hybridized carbons (Fsp3) is 0.400. The molecule has 0 radical (unpaired) electrons. The third kappa shape index (κ3) is 3.66. The summed E-state index contributed by atoms with van der Waals surface area (Å²) in [5, 5.41) is 14.3.